The fraction of sp³-hybridized carbons (Fsp3) is 0.667. The van der Waals surface area contributed by atoms with Gasteiger partial charge in [-0.25, -0.2) is 9.59 Å². The lowest BCUT2D eigenvalue weighted by Crippen LogP contribution is -2.65. The maximum Gasteiger partial charge on any atom is 0.411 e. The molecule has 1 aliphatic heterocycles. The van der Waals surface area contributed by atoms with E-state index in [1.165, 1.54) is 32.1 Å². The first-order chi connectivity index (χ1) is 18.0. The first-order valence-corrected chi connectivity index (χ1v) is 14.6. The largest absolute Gasteiger partial charge is 0.411 e. The van der Waals surface area contributed by atoms with E-state index in [9.17, 15) is 19.2 Å². The molecular weight excluding hydrogens is 466 g/mol. The summed E-state index contributed by atoms with van der Waals surface area (Å²) in [5, 5.41) is 5.91. The molecule has 1 heterocycles. The molecule has 4 amide bonds. The highest BCUT2D eigenvalue weighted by Crippen LogP contribution is 2.28. The molecule has 202 valence electrons. The van der Waals surface area contributed by atoms with Crippen molar-refractivity contribution < 1.29 is 23.7 Å². The second kappa shape index (κ2) is 13.3. The van der Waals surface area contributed by atoms with Gasteiger partial charge in [0, 0.05) is 31.7 Å². The van der Waals surface area contributed by atoms with Crippen molar-refractivity contribution in [3.8, 4) is 0 Å². The molecule has 4 rings (SSSR count). The molecule has 2 N–H and O–H groups in total. The van der Waals surface area contributed by atoms with Crippen molar-refractivity contribution in [2.75, 3.05) is 13.1 Å². The van der Waals surface area contributed by atoms with Crippen LogP contribution in [0.1, 0.15) is 95.5 Å². The van der Waals surface area contributed by atoms with E-state index in [0.29, 0.717) is 44.7 Å². The van der Waals surface area contributed by atoms with Gasteiger partial charge in [0.05, 0.1) is 13.1 Å². The molecule has 2 saturated carbocycles. The van der Waals surface area contributed by atoms with Crippen LogP contribution in [0.2, 0.25) is 0 Å². The average Bonchev–Trinajstić information content (AvgIpc) is 3.43. The lowest BCUT2D eigenvalue weighted by molar-refractivity contribution is -0.762. The molecule has 0 radical (unpaired) electrons. The van der Waals surface area contributed by atoms with E-state index in [0.717, 1.165) is 44.1 Å². The van der Waals surface area contributed by atoms with Crippen LogP contribution in [0.5, 0.6) is 0 Å². The van der Waals surface area contributed by atoms with Gasteiger partial charge >= 0.3 is 17.7 Å². The predicted octanol–water partition coefficient (Wildman–Crippen LogP) is 4.19. The molecule has 7 heteroatoms. The number of imide groups is 1. The average molecular weight is 511 g/mol. The molecule has 1 atom stereocenters. The lowest BCUT2D eigenvalue weighted by atomic mass is 9.86. The zero-order valence-electron chi connectivity index (χ0n) is 22.2. The Morgan fingerprint density at radius 1 is 0.811 bits per heavy atom. The number of nitrogens with one attached hydrogen (secondary N) is 2. The second-order valence-corrected chi connectivity index (χ2v) is 11.4. The molecule has 7 nitrogen and oxygen atoms in total. The third-order valence-electron chi connectivity index (χ3n) is 8.70. The van der Waals surface area contributed by atoms with Crippen LogP contribution in [-0.4, -0.2) is 53.3 Å². The van der Waals surface area contributed by atoms with Gasteiger partial charge in [-0.05, 0) is 30.7 Å². The van der Waals surface area contributed by atoms with Gasteiger partial charge in [0.1, 0.15) is 6.04 Å². The smallest absolute Gasteiger partial charge is 0.342 e. The first-order valence-electron chi connectivity index (χ1n) is 14.6. The highest BCUT2D eigenvalue weighted by molar-refractivity contribution is 6.33. The summed E-state index contributed by atoms with van der Waals surface area (Å²) in [4.78, 5) is 53.8. The van der Waals surface area contributed by atoms with Crippen LogP contribution >= 0.6 is 0 Å². The number of carbonyl (C=O) groups excluding carboxylic acids is 4. The summed E-state index contributed by atoms with van der Waals surface area (Å²) >= 11 is 0. The number of benzene rings is 1. The molecule has 1 aromatic carbocycles. The SMILES string of the molecule is O=C(CCC1CCCCC1)NC(Cc1ccccc1)C(=O)[N+]1(C(=O)C(=O)NC2CCCCC2)CCCC1. The van der Waals surface area contributed by atoms with Gasteiger partial charge in [-0.15, -0.1) is 0 Å². The van der Waals surface area contributed by atoms with Crippen LogP contribution in [0.25, 0.3) is 0 Å². The van der Waals surface area contributed by atoms with Crippen molar-refractivity contribution in [3.63, 3.8) is 0 Å². The van der Waals surface area contributed by atoms with Crippen molar-refractivity contribution in [1.29, 1.82) is 0 Å². The number of likely N-dealkylation sites (tertiary alicyclic amines) is 1. The summed E-state index contributed by atoms with van der Waals surface area (Å²) in [7, 11) is 0. The molecule has 3 fully saturated rings. The Morgan fingerprint density at radius 2 is 1.43 bits per heavy atom. The number of hydrogen-bond acceptors (Lipinski definition) is 4. The Morgan fingerprint density at radius 3 is 2.08 bits per heavy atom. The number of nitrogens with zero attached hydrogens (tertiary/aromatic N) is 1. The topological polar surface area (TPSA) is 92.3 Å². The van der Waals surface area contributed by atoms with Crippen molar-refractivity contribution in [2.24, 2.45) is 5.92 Å². The minimum Gasteiger partial charge on any atom is -0.342 e. The Hall–Kier alpha value is -2.54. The highest BCUT2D eigenvalue weighted by Gasteiger charge is 2.53. The predicted molar refractivity (Wildman–Crippen MR) is 142 cm³/mol. The van der Waals surface area contributed by atoms with Gasteiger partial charge in [-0.3, -0.25) is 9.59 Å². The highest BCUT2D eigenvalue weighted by atomic mass is 16.2. The molecule has 0 aromatic heterocycles. The summed E-state index contributed by atoms with van der Waals surface area (Å²) in [6.07, 6.45) is 14.0. The van der Waals surface area contributed by atoms with Crippen molar-refractivity contribution in [1.82, 2.24) is 10.6 Å². The van der Waals surface area contributed by atoms with Gasteiger partial charge in [0.2, 0.25) is 5.91 Å². The summed E-state index contributed by atoms with van der Waals surface area (Å²) in [6.45, 7) is 0.637. The van der Waals surface area contributed by atoms with Crippen LogP contribution in [0.15, 0.2) is 30.3 Å². The van der Waals surface area contributed by atoms with E-state index in [1.54, 1.807) is 0 Å². The van der Waals surface area contributed by atoms with Crippen LogP contribution < -0.4 is 10.6 Å². The molecule has 3 aliphatic rings. The van der Waals surface area contributed by atoms with E-state index in [1.807, 2.05) is 30.3 Å². The molecule has 2 aliphatic carbocycles. The third kappa shape index (κ3) is 7.28. The summed E-state index contributed by atoms with van der Waals surface area (Å²) in [6, 6.07) is 8.75. The number of hydrogen-bond donors (Lipinski definition) is 2. The van der Waals surface area contributed by atoms with Crippen LogP contribution in [0.4, 0.5) is 0 Å². The minimum absolute atomic E-state index is 0.00237. The fourth-order valence-electron chi connectivity index (χ4n) is 6.51. The van der Waals surface area contributed by atoms with Gasteiger partial charge < -0.3 is 10.6 Å². The molecule has 1 unspecified atom stereocenters. The number of carbonyl (C=O) groups is 4. The third-order valence-corrected chi connectivity index (χ3v) is 8.70. The van der Waals surface area contributed by atoms with Gasteiger partial charge in [-0.2, -0.15) is 4.48 Å². The molecule has 37 heavy (non-hydrogen) atoms. The molecular formula is C30H44N3O4+. The Balaban J connectivity index is 1.48. The van der Waals surface area contributed by atoms with E-state index < -0.39 is 22.3 Å². The zero-order valence-corrected chi connectivity index (χ0v) is 22.2. The maximum absolute atomic E-state index is 14.1. The fourth-order valence-corrected chi connectivity index (χ4v) is 6.51. The minimum atomic E-state index is -0.842. The van der Waals surface area contributed by atoms with Crippen LogP contribution in [0, 0.1) is 5.92 Å². The number of rotatable bonds is 8. The molecule has 1 saturated heterocycles. The zero-order chi connectivity index (χ0) is 26.1. The quantitative estimate of drug-likeness (QED) is 0.405. The molecule has 0 bridgehead atoms. The van der Waals surface area contributed by atoms with Crippen LogP contribution in [0.3, 0.4) is 0 Å². The number of quaternary nitrogens is 1. The monoisotopic (exact) mass is 510 g/mol. The van der Waals surface area contributed by atoms with Crippen molar-refractivity contribution >= 4 is 23.6 Å². The maximum atomic E-state index is 14.1. The van der Waals surface area contributed by atoms with Gasteiger partial charge in [0.15, 0.2) is 0 Å². The van der Waals surface area contributed by atoms with Crippen LogP contribution in [-0.2, 0) is 25.6 Å². The molecule has 1 aromatic rings. The normalized spacial score (nSPS) is 21.2. The van der Waals surface area contributed by atoms with E-state index in [-0.39, 0.29) is 17.9 Å². The standard InChI is InChI=1S/C30H43N3O4/c34-27(19-18-23-12-4-1-5-13-23)32-26(22-24-14-6-2-7-15-24)29(36)33(20-10-11-21-33)30(37)28(35)31-25-16-8-3-9-17-25/h2,6-7,14-15,23,25-26H,1,3-5,8-13,16-22H2,(H-,31,32,34,35)/p+1. The summed E-state index contributed by atoms with van der Waals surface area (Å²) < 4.78 is -0.487. The van der Waals surface area contributed by atoms with E-state index in [4.69, 9.17) is 0 Å². The Bertz CT molecular complexity index is 929. The Kier molecular flexibility index (Phi) is 9.89. The summed E-state index contributed by atoms with van der Waals surface area (Å²) in [5.74, 6) is -1.23. The lowest BCUT2D eigenvalue weighted by Gasteiger charge is -2.32. The Labute approximate surface area is 221 Å². The molecule has 0 spiro atoms. The van der Waals surface area contributed by atoms with Crippen molar-refractivity contribution in [2.45, 2.75) is 108 Å². The van der Waals surface area contributed by atoms with Gasteiger partial charge in [0.25, 0.3) is 0 Å². The first kappa shape index (κ1) is 27.5. The summed E-state index contributed by atoms with van der Waals surface area (Å²) in [5.41, 5.74) is 0.921. The van der Waals surface area contributed by atoms with E-state index in [2.05, 4.69) is 10.6 Å². The van der Waals surface area contributed by atoms with E-state index >= 15 is 0 Å². The van der Waals surface area contributed by atoms with Crippen molar-refractivity contribution in [3.05, 3.63) is 35.9 Å². The second-order valence-electron chi connectivity index (χ2n) is 11.4. The van der Waals surface area contributed by atoms with Gasteiger partial charge in [-0.1, -0.05) is 81.7 Å². The number of amides is 4.